The van der Waals surface area contributed by atoms with Crippen molar-refractivity contribution in [2.75, 3.05) is 18.1 Å². The topological polar surface area (TPSA) is 46.2 Å². The first-order valence-corrected chi connectivity index (χ1v) is 11.2. The Morgan fingerprint density at radius 1 is 1.28 bits per heavy atom. The van der Waals surface area contributed by atoms with Crippen LogP contribution in [0.1, 0.15) is 68.6 Å². The fourth-order valence-electron chi connectivity index (χ4n) is 4.40. The van der Waals surface area contributed by atoms with Gasteiger partial charge in [0.1, 0.15) is 0 Å². The molecule has 2 nitrogen and oxygen atoms in total. The minimum absolute atomic E-state index is 0.116. The highest BCUT2D eigenvalue weighted by Crippen LogP contribution is 2.40. The number of benzene rings is 1. The van der Waals surface area contributed by atoms with Gasteiger partial charge < -0.3 is 10.8 Å². The van der Waals surface area contributed by atoms with Crippen LogP contribution in [0.4, 0.5) is 0 Å². The Hall–Kier alpha value is -0.510. The van der Waals surface area contributed by atoms with Crippen LogP contribution in [0.3, 0.4) is 0 Å². The predicted molar refractivity (Wildman–Crippen MR) is 109 cm³/mol. The zero-order valence-electron chi connectivity index (χ0n) is 16.0. The summed E-state index contributed by atoms with van der Waals surface area (Å²) in [4.78, 5) is 0. The first-order chi connectivity index (χ1) is 12.0. The molecule has 1 saturated carbocycles. The Labute approximate surface area is 158 Å². The highest BCUT2D eigenvalue weighted by Gasteiger charge is 2.36. The Morgan fingerprint density at radius 3 is 2.84 bits per heavy atom. The molecule has 2 aliphatic rings. The van der Waals surface area contributed by atoms with Gasteiger partial charge in [-0.15, -0.1) is 0 Å². The first kappa shape index (κ1) is 19.3. The van der Waals surface area contributed by atoms with Gasteiger partial charge in [-0.1, -0.05) is 32.0 Å². The number of rotatable bonds is 7. The van der Waals surface area contributed by atoms with E-state index in [1.54, 1.807) is 11.1 Å². The lowest BCUT2D eigenvalue weighted by Gasteiger charge is -2.26. The standard InChI is InChI=1S/C22H35NOS/c1-16(2)8-10-25-14-17-3-4-19-12-20(6-5-18(19)11-17)21-7-9-22(23,13-21)15-24/h5-6,12,16-17,21,24H,3-4,7-11,13-15,23H2,1-2H3/t17-,21+,22-/m1/s1. The van der Waals surface area contributed by atoms with E-state index in [1.807, 2.05) is 0 Å². The van der Waals surface area contributed by atoms with Crippen LogP contribution in [-0.2, 0) is 12.8 Å². The average Bonchev–Trinajstić information content (AvgIpc) is 3.01. The second-order valence-corrected chi connectivity index (χ2v) is 10.0. The Balaban J connectivity index is 1.55. The van der Waals surface area contributed by atoms with E-state index in [0.29, 0.717) is 5.92 Å². The highest BCUT2D eigenvalue weighted by atomic mass is 32.2. The molecular weight excluding hydrogens is 326 g/mol. The summed E-state index contributed by atoms with van der Waals surface area (Å²) in [7, 11) is 0. The van der Waals surface area contributed by atoms with Crippen molar-refractivity contribution >= 4 is 11.8 Å². The average molecular weight is 362 g/mol. The van der Waals surface area contributed by atoms with E-state index in [9.17, 15) is 5.11 Å². The maximum Gasteiger partial charge on any atom is 0.0611 e. The third-order valence-electron chi connectivity index (χ3n) is 6.18. The minimum Gasteiger partial charge on any atom is -0.394 e. The molecule has 0 unspecified atom stereocenters. The molecular formula is C22H35NOS. The Morgan fingerprint density at radius 2 is 2.12 bits per heavy atom. The van der Waals surface area contributed by atoms with Gasteiger partial charge >= 0.3 is 0 Å². The second-order valence-electron chi connectivity index (χ2n) is 8.85. The fourth-order valence-corrected chi connectivity index (χ4v) is 5.82. The molecule has 25 heavy (non-hydrogen) atoms. The minimum atomic E-state index is -0.348. The van der Waals surface area contributed by atoms with Crippen LogP contribution in [0.2, 0.25) is 0 Å². The summed E-state index contributed by atoms with van der Waals surface area (Å²) in [5, 5.41) is 9.50. The molecule has 0 bridgehead atoms. The van der Waals surface area contributed by atoms with Gasteiger partial charge in [-0.25, -0.2) is 0 Å². The molecule has 3 rings (SSSR count). The van der Waals surface area contributed by atoms with E-state index in [0.717, 1.165) is 31.1 Å². The molecule has 0 saturated heterocycles. The number of hydrogen-bond acceptors (Lipinski definition) is 3. The van der Waals surface area contributed by atoms with Crippen molar-refractivity contribution in [1.29, 1.82) is 0 Å². The molecule has 0 radical (unpaired) electrons. The van der Waals surface area contributed by atoms with Crippen LogP contribution >= 0.6 is 11.8 Å². The Kier molecular flexibility index (Phi) is 6.51. The van der Waals surface area contributed by atoms with Gasteiger partial charge in [-0.05, 0) is 90.9 Å². The highest BCUT2D eigenvalue weighted by molar-refractivity contribution is 7.99. The lowest BCUT2D eigenvalue weighted by Crippen LogP contribution is -2.40. The predicted octanol–water partition coefficient (Wildman–Crippen LogP) is 4.53. The molecule has 140 valence electrons. The summed E-state index contributed by atoms with van der Waals surface area (Å²) in [6.07, 6.45) is 8.16. The van der Waals surface area contributed by atoms with Crippen LogP contribution in [0, 0.1) is 11.8 Å². The van der Waals surface area contributed by atoms with Crippen molar-refractivity contribution < 1.29 is 5.11 Å². The number of aliphatic hydroxyl groups is 1. The van der Waals surface area contributed by atoms with Gasteiger partial charge in [0.15, 0.2) is 0 Å². The molecule has 0 aliphatic heterocycles. The van der Waals surface area contributed by atoms with E-state index in [2.05, 4.69) is 43.8 Å². The quantitative estimate of drug-likeness (QED) is 0.702. The van der Waals surface area contributed by atoms with E-state index < -0.39 is 0 Å². The first-order valence-electron chi connectivity index (χ1n) is 10.1. The number of aryl methyl sites for hydroxylation is 1. The third-order valence-corrected chi connectivity index (χ3v) is 7.42. The maximum atomic E-state index is 9.50. The lowest BCUT2D eigenvalue weighted by atomic mass is 9.82. The van der Waals surface area contributed by atoms with Crippen LogP contribution in [0.25, 0.3) is 0 Å². The number of fused-ring (bicyclic) bond motifs is 1. The van der Waals surface area contributed by atoms with Crippen molar-refractivity contribution in [3.8, 4) is 0 Å². The van der Waals surface area contributed by atoms with Crippen LogP contribution in [-0.4, -0.2) is 28.8 Å². The number of aliphatic hydroxyl groups excluding tert-OH is 1. The van der Waals surface area contributed by atoms with E-state index >= 15 is 0 Å². The summed E-state index contributed by atoms with van der Waals surface area (Å²) >= 11 is 2.15. The summed E-state index contributed by atoms with van der Waals surface area (Å²) < 4.78 is 0. The molecule has 0 spiro atoms. The van der Waals surface area contributed by atoms with Gasteiger partial charge in [0, 0.05) is 5.54 Å². The molecule has 1 fully saturated rings. The molecule has 2 aliphatic carbocycles. The monoisotopic (exact) mass is 361 g/mol. The molecule has 1 aromatic carbocycles. The maximum absolute atomic E-state index is 9.50. The molecule has 0 amide bonds. The van der Waals surface area contributed by atoms with Crippen molar-refractivity contribution in [3.05, 3.63) is 34.9 Å². The lowest BCUT2D eigenvalue weighted by molar-refractivity contribution is 0.198. The van der Waals surface area contributed by atoms with Crippen molar-refractivity contribution in [3.63, 3.8) is 0 Å². The summed E-state index contributed by atoms with van der Waals surface area (Å²) in [5.41, 5.74) is 10.5. The summed E-state index contributed by atoms with van der Waals surface area (Å²) in [6.45, 7) is 4.74. The van der Waals surface area contributed by atoms with Crippen LogP contribution < -0.4 is 5.73 Å². The molecule has 1 aromatic rings. The molecule has 3 atom stereocenters. The SMILES string of the molecule is CC(C)CCSC[C@@H]1CCc2cc([C@H]3CC[C@](N)(CO)C3)ccc2C1. The van der Waals surface area contributed by atoms with Gasteiger partial charge in [0.2, 0.25) is 0 Å². The van der Waals surface area contributed by atoms with E-state index in [4.69, 9.17) is 5.73 Å². The second kappa shape index (κ2) is 8.45. The largest absolute Gasteiger partial charge is 0.394 e. The molecule has 3 N–H and O–H groups in total. The van der Waals surface area contributed by atoms with Crippen molar-refractivity contribution in [1.82, 2.24) is 0 Å². The molecule has 3 heteroatoms. The fraction of sp³-hybridized carbons (Fsp3) is 0.727. The number of thioether (sulfide) groups is 1. The molecule has 0 heterocycles. The summed E-state index contributed by atoms with van der Waals surface area (Å²) in [6, 6.07) is 7.16. The normalized spacial score (nSPS) is 29.2. The molecule has 0 aromatic heterocycles. The van der Waals surface area contributed by atoms with Gasteiger partial charge in [-0.2, -0.15) is 11.8 Å². The smallest absolute Gasteiger partial charge is 0.0611 e. The van der Waals surface area contributed by atoms with Crippen molar-refractivity contribution in [2.45, 2.75) is 70.3 Å². The van der Waals surface area contributed by atoms with Crippen molar-refractivity contribution in [2.24, 2.45) is 17.6 Å². The van der Waals surface area contributed by atoms with Gasteiger partial charge in [0.05, 0.1) is 6.61 Å². The number of nitrogens with two attached hydrogens (primary N) is 1. The van der Waals surface area contributed by atoms with E-state index in [1.165, 1.54) is 42.8 Å². The number of hydrogen-bond donors (Lipinski definition) is 2. The third kappa shape index (κ3) is 5.02. The van der Waals surface area contributed by atoms with E-state index in [-0.39, 0.29) is 12.1 Å². The van der Waals surface area contributed by atoms with Crippen LogP contribution in [0.5, 0.6) is 0 Å². The van der Waals surface area contributed by atoms with Gasteiger partial charge in [-0.3, -0.25) is 0 Å². The summed E-state index contributed by atoms with van der Waals surface area (Å²) in [5.74, 6) is 4.85. The zero-order chi connectivity index (χ0) is 17.9. The zero-order valence-corrected chi connectivity index (χ0v) is 16.8. The van der Waals surface area contributed by atoms with Crippen LogP contribution in [0.15, 0.2) is 18.2 Å². The van der Waals surface area contributed by atoms with Gasteiger partial charge in [0.25, 0.3) is 0 Å². The Bertz CT molecular complexity index is 573.